The molecule has 0 radical (unpaired) electrons. The Balaban J connectivity index is 1.50. The number of amides is 2. The van der Waals surface area contributed by atoms with Crippen molar-refractivity contribution in [2.75, 3.05) is 11.9 Å². The minimum atomic E-state index is -1.11. The summed E-state index contributed by atoms with van der Waals surface area (Å²) in [6, 6.07) is 20.2. The first-order chi connectivity index (χ1) is 16.9. The number of hydrogen-bond acceptors (Lipinski definition) is 4. The second-order valence-corrected chi connectivity index (χ2v) is 8.46. The molecule has 35 heavy (non-hydrogen) atoms. The van der Waals surface area contributed by atoms with Crippen molar-refractivity contribution in [1.29, 1.82) is 0 Å². The van der Waals surface area contributed by atoms with Crippen LogP contribution in [0.2, 0.25) is 0 Å². The number of carbonyl (C=O) groups is 3. The van der Waals surface area contributed by atoms with E-state index in [0.717, 1.165) is 27.8 Å². The monoisotopic (exact) mass is 472 g/mol. The van der Waals surface area contributed by atoms with Gasteiger partial charge in [-0.1, -0.05) is 68.4 Å². The summed E-state index contributed by atoms with van der Waals surface area (Å²) in [5, 5.41) is 14.5. The highest BCUT2D eigenvalue weighted by molar-refractivity contribution is 6.04. The van der Waals surface area contributed by atoms with Crippen molar-refractivity contribution < 1.29 is 24.2 Å². The molecule has 180 valence electrons. The van der Waals surface area contributed by atoms with Crippen LogP contribution in [0.5, 0.6) is 0 Å². The minimum absolute atomic E-state index is 0.0840. The minimum Gasteiger partial charge on any atom is -0.480 e. The summed E-state index contributed by atoms with van der Waals surface area (Å²) in [5.74, 6) is -1.76. The van der Waals surface area contributed by atoms with Crippen LogP contribution < -0.4 is 10.6 Å². The van der Waals surface area contributed by atoms with Crippen molar-refractivity contribution in [3.63, 3.8) is 0 Å². The van der Waals surface area contributed by atoms with E-state index in [9.17, 15) is 19.5 Å². The molecule has 0 bridgehead atoms. The number of rotatable bonds is 8. The Bertz CT molecular complexity index is 1220. The first-order valence-electron chi connectivity index (χ1n) is 11.7. The number of hydrogen-bond donors (Lipinski definition) is 3. The molecule has 3 aromatic carbocycles. The topological polar surface area (TPSA) is 105 Å². The lowest BCUT2D eigenvalue weighted by Crippen LogP contribution is -2.40. The zero-order valence-corrected chi connectivity index (χ0v) is 19.7. The Morgan fingerprint density at radius 1 is 0.943 bits per heavy atom. The largest absolute Gasteiger partial charge is 0.480 e. The fourth-order valence-corrected chi connectivity index (χ4v) is 4.43. The van der Waals surface area contributed by atoms with E-state index < -0.39 is 24.0 Å². The number of carboxylic acids is 1. The summed E-state index contributed by atoms with van der Waals surface area (Å²) >= 11 is 0. The quantitative estimate of drug-likeness (QED) is 0.418. The van der Waals surface area contributed by atoms with Crippen LogP contribution in [0.15, 0.2) is 66.7 Å². The van der Waals surface area contributed by atoms with E-state index in [-0.39, 0.29) is 30.2 Å². The fourth-order valence-electron chi connectivity index (χ4n) is 4.43. The Kier molecular flexibility index (Phi) is 7.15. The average molecular weight is 473 g/mol. The predicted octanol–water partition coefficient (Wildman–Crippen LogP) is 5.20. The van der Waals surface area contributed by atoms with Gasteiger partial charge >= 0.3 is 12.1 Å². The van der Waals surface area contributed by atoms with Crippen LogP contribution in [0.25, 0.3) is 11.1 Å². The molecule has 2 amide bonds. The first-order valence-corrected chi connectivity index (χ1v) is 11.7. The molecule has 0 saturated heterocycles. The maximum absolute atomic E-state index is 12.9. The SMILES string of the molecule is CCc1ccc(NC(=O)OCC2c3ccccc3-c3ccccc32)c(C(=O)N[C@H](CC)C(=O)O)c1. The molecule has 3 N–H and O–H groups in total. The highest BCUT2D eigenvalue weighted by atomic mass is 16.5. The van der Waals surface area contributed by atoms with Crippen molar-refractivity contribution in [3.05, 3.63) is 89.0 Å². The maximum atomic E-state index is 12.9. The van der Waals surface area contributed by atoms with Gasteiger partial charge in [-0.25, -0.2) is 9.59 Å². The molecule has 1 aliphatic rings. The number of aryl methyl sites for hydroxylation is 1. The number of fused-ring (bicyclic) bond motifs is 3. The number of carboxylic acid groups (broad SMARTS) is 1. The fraction of sp³-hybridized carbons (Fsp3) is 0.250. The van der Waals surface area contributed by atoms with Crippen LogP contribution in [0.4, 0.5) is 10.5 Å². The lowest BCUT2D eigenvalue weighted by molar-refractivity contribution is -0.139. The van der Waals surface area contributed by atoms with Crippen molar-refractivity contribution in [2.24, 2.45) is 0 Å². The molecular weight excluding hydrogens is 444 g/mol. The van der Waals surface area contributed by atoms with Crippen LogP contribution in [0.3, 0.4) is 0 Å². The zero-order chi connectivity index (χ0) is 24.9. The normalized spacial score (nSPS) is 12.9. The standard InChI is InChI=1S/C28H28N2O5/c1-3-17-13-14-25(22(15-17)26(31)29-24(4-2)27(32)33)30-28(34)35-16-23-20-11-7-5-9-18(20)19-10-6-8-12-21(19)23/h5-15,23-24H,3-4,16H2,1-2H3,(H,29,31)(H,30,34)(H,32,33)/t24-/m1/s1. The number of nitrogens with one attached hydrogen (secondary N) is 2. The van der Waals surface area contributed by atoms with E-state index in [2.05, 4.69) is 22.8 Å². The van der Waals surface area contributed by atoms with Crippen LogP contribution in [0.1, 0.15) is 53.2 Å². The molecule has 0 spiro atoms. The lowest BCUT2D eigenvalue weighted by Gasteiger charge is -2.17. The highest BCUT2D eigenvalue weighted by Gasteiger charge is 2.29. The lowest BCUT2D eigenvalue weighted by atomic mass is 9.98. The molecule has 7 heteroatoms. The number of anilines is 1. The number of benzene rings is 3. The maximum Gasteiger partial charge on any atom is 0.411 e. The second-order valence-electron chi connectivity index (χ2n) is 8.46. The summed E-state index contributed by atoms with van der Waals surface area (Å²) in [5.41, 5.74) is 5.82. The van der Waals surface area contributed by atoms with E-state index in [4.69, 9.17) is 4.74 Å². The third-order valence-corrected chi connectivity index (χ3v) is 6.33. The Morgan fingerprint density at radius 3 is 2.14 bits per heavy atom. The van der Waals surface area contributed by atoms with Crippen molar-refractivity contribution >= 4 is 23.7 Å². The van der Waals surface area contributed by atoms with E-state index in [1.54, 1.807) is 19.1 Å². The van der Waals surface area contributed by atoms with Crippen LogP contribution in [-0.4, -0.2) is 35.7 Å². The zero-order valence-electron chi connectivity index (χ0n) is 19.7. The molecular formula is C28H28N2O5. The first kappa shape index (κ1) is 24.0. The van der Waals surface area contributed by atoms with E-state index >= 15 is 0 Å². The van der Waals surface area contributed by atoms with Gasteiger partial charge in [0.2, 0.25) is 0 Å². The second kappa shape index (κ2) is 10.4. The van der Waals surface area contributed by atoms with Crippen molar-refractivity contribution in [1.82, 2.24) is 5.32 Å². The van der Waals surface area contributed by atoms with Gasteiger partial charge in [-0.05, 0) is 52.8 Å². The molecule has 7 nitrogen and oxygen atoms in total. The number of aliphatic carboxylic acids is 1. The summed E-state index contributed by atoms with van der Waals surface area (Å²) < 4.78 is 5.60. The van der Waals surface area contributed by atoms with Gasteiger partial charge in [-0.2, -0.15) is 0 Å². The number of carbonyl (C=O) groups excluding carboxylic acids is 2. The predicted molar refractivity (Wildman–Crippen MR) is 134 cm³/mol. The summed E-state index contributed by atoms with van der Waals surface area (Å²) in [7, 11) is 0. The molecule has 0 aromatic heterocycles. The molecule has 4 rings (SSSR count). The van der Waals surface area contributed by atoms with Gasteiger partial charge in [0.05, 0.1) is 11.3 Å². The van der Waals surface area contributed by atoms with Crippen LogP contribution in [0, 0.1) is 0 Å². The summed E-state index contributed by atoms with van der Waals surface area (Å²) in [6.45, 7) is 3.77. The van der Waals surface area contributed by atoms with Crippen molar-refractivity contribution in [3.8, 4) is 11.1 Å². The van der Waals surface area contributed by atoms with Gasteiger partial charge < -0.3 is 15.2 Å². The highest BCUT2D eigenvalue weighted by Crippen LogP contribution is 2.44. The van der Waals surface area contributed by atoms with Crippen LogP contribution in [-0.2, 0) is 16.0 Å². The molecule has 1 atom stereocenters. The molecule has 0 unspecified atom stereocenters. The molecule has 3 aromatic rings. The van der Waals surface area contributed by atoms with Gasteiger partial charge in [0.1, 0.15) is 12.6 Å². The van der Waals surface area contributed by atoms with Gasteiger partial charge in [0.15, 0.2) is 0 Å². The molecule has 0 fully saturated rings. The molecule has 0 heterocycles. The molecule has 1 aliphatic carbocycles. The van der Waals surface area contributed by atoms with Crippen LogP contribution >= 0.6 is 0 Å². The van der Waals surface area contributed by atoms with Gasteiger partial charge in [0.25, 0.3) is 5.91 Å². The Labute approximate surface area is 204 Å². The summed E-state index contributed by atoms with van der Waals surface area (Å²) in [6.07, 6.45) is 0.237. The van der Waals surface area contributed by atoms with E-state index in [0.29, 0.717) is 6.42 Å². The number of ether oxygens (including phenoxy) is 1. The molecule has 0 aliphatic heterocycles. The summed E-state index contributed by atoms with van der Waals surface area (Å²) in [4.78, 5) is 37.0. The Hall–Kier alpha value is -4.13. The average Bonchev–Trinajstić information content (AvgIpc) is 3.19. The van der Waals surface area contributed by atoms with Crippen molar-refractivity contribution in [2.45, 2.75) is 38.6 Å². The van der Waals surface area contributed by atoms with Gasteiger partial charge in [-0.15, -0.1) is 0 Å². The smallest absolute Gasteiger partial charge is 0.411 e. The third kappa shape index (κ3) is 5.04. The van der Waals surface area contributed by atoms with E-state index in [1.165, 1.54) is 0 Å². The van der Waals surface area contributed by atoms with Gasteiger partial charge in [0, 0.05) is 5.92 Å². The van der Waals surface area contributed by atoms with E-state index in [1.807, 2.05) is 49.4 Å². The Morgan fingerprint density at radius 2 is 1.57 bits per heavy atom. The molecule has 0 saturated carbocycles. The van der Waals surface area contributed by atoms with Gasteiger partial charge in [-0.3, -0.25) is 10.1 Å². The third-order valence-electron chi connectivity index (χ3n) is 6.33.